The quantitative estimate of drug-likeness (QED) is 0.837. The summed E-state index contributed by atoms with van der Waals surface area (Å²) in [5, 5.41) is 2.95. The lowest BCUT2D eigenvalue weighted by molar-refractivity contribution is -0.133. The Morgan fingerprint density at radius 2 is 1.52 bits per heavy atom. The molecule has 0 unspecified atom stereocenters. The van der Waals surface area contributed by atoms with Crippen LogP contribution in [-0.2, 0) is 16.0 Å². The number of amides is 2. The summed E-state index contributed by atoms with van der Waals surface area (Å²) >= 11 is 0. The number of carbonyl (C=O) groups excluding carboxylic acids is 2. The largest absolute Gasteiger partial charge is 0.368 e. The van der Waals surface area contributed by atoms with Crippen molar-refractivity contribution in [3.63, 3.8) is 0 Å². The minimum Gasteiger partial charge on any atom is -0.368 e. The summed E-state index contributed by atoms with van der Waals surface area (Å²) in [6.07, 6.45) is 0.956. The fraction of sp³-hybridized carbons (Fsp3) is 0.417. The number of hydrogen-bond acceptors (Lipinski definition) is 3. The van der Waals surface area contributed by atoms with Crippen molar-refractivity contribution in [2.45, 2.75) is 33.6 Å². The SMILES string of the molecule is CC(C)(C)CC(=O)N1CCN(c2ccc(NC(=O)Cc3ccccc3)cc2)CC1. The van der Waals surface area contributed by atoms with E-state index in [1.54, 1.807) is 0 Å². The number of hydrogen-bond donors (Lipinski definition) is 1. The first kappa shape index (κ1) is 20.9. The van der Waals surface area contributed by atoms with Crippen LogP contribution >= 0.6 is 0 Å². The van der Waals surface area contributed by atoms with Crippen LogP contribution in [-0.4, -0.2) is 42.9 Å². The van der Waals surface area contributed by atoms with E-state index in [1.165, 1.54) is 0 Å². The zero-order valence-corrected chi connectivity index (χ0v) is 17.6. The van der Waals surface area contributed by atoms with Gasteiger partial charge in [-0.3, -0.25) is 9.59 Å². The lowest BCUT2D eigenvalue weighted by Gasteiger charge is -2.37. The molecule has 1 heterocycles. The molecule has 2 aromatic rings. The van der Waals surface area contributed by atoms with Gasteiger partial charge in [0.05, 0.1) is 6.42 Å². The van der Waals surface area contributed by atoms with Gasteiger partial charge in [-0.2, -0.15) is 0 Å². The number of carbonyl (C=O) groups is 2. The molecule has 0 saturated carbocycles. The van der Waals surface area contributed by atoms with Gasteiger partial charge in [0.2, 0.25) is 11.8 Å². The molecule has 5 nitrogen and oxygen atoms in total. The smallest absolute Gasteiger partial charge is 0.228 e. The zero-order valence-electron chi connectivity index (χ0n) is 17.6. The van der Waals surface area contributed by atoms with Gasteiger partial charge in [-0.05, 0) is 35.2 Å². The van der Waals surface area contributed by atoms with E-state index in [0.717, 1.165) is 43.1 Å². The molecule has 29 heavy (non-hydrogen) atoms. The predicted molar refractivity (Wildman–Crippen MR) is 118 cm³/mol. The minimum absolute atomic E-state index is 0.0186. The van der Waals surface area contributed by atoms with E-state index >= 15 is 0 Å². The average molecular weight is 394 g/mol. The number of piperazine rings is 1. The van der Waals surface area contributed by atoms with E-state index < -0.39 is 0 Å². The number of anilines is 2. The van der Waals surface area contributed by atoms with Crippen molar-refractivity contribution in [1.82, 2.24) is 4.90 Å². The van der Waals surface area contributed by atoms with Crippen LogP contribution in [0.5, 0.6) is 0 Å². The highest BCUT2D eigenvalue weighted by Gasteiger charge is 2.24. The van der Waals surface area contributed by atoms with Gasteiger partial charge in [0, 0.05) is 44.0 Å². The Morgan fingerprint density at radius 3 is 2.10 bits per heavy atom. The number of nitrogens with one attached hydrogen (secondary N) is 1. The van der Waals surface area contributed by atoms with E-state index in [2.05, 4.69) is 31.0 Å². The highest BCUT2D eigenvalue weighted by atomic mass is 16.2. The third kappa shape index (κ3) is 6.34. The van der Waals surface area contributed by atoms with E-state index in [4.69, 9.17) is 0 Å². The highest BCUT2D eigenvalue weighted by Crippen LogP contribution is 2.23. The van der Waals surface area contributed by atoms with Crippen LogP contribution in [0.4, 0.5) is 11.4 Å². The number of rotatable bonds is 5. The van der Waals surface area contributed by atoms with E-state index in [-0.39, 0.29) is 17.2 Å². The molecule has 0 atom stereocenters. The predicted octanol–water partition coefficient (Wildman–Crippen LogP) is 3.95. The molecular weight excluding hydrogens is 362 g/mol. The average Bonchev–Trinajstić information content (AvgIpc) is 2.68. The molecule has 1 N–H and O–H groups in total. The molecule has 0 aliphatic carbocycles. The molecular formula is C24H31N3O2. The Balaban J connectivity index is 1.49. The summed E-state index contributed by atoms with van der Waals surface area (Å²) in [5.74, 6) is 0.226. The van der Waals surface area contributed by atoms with Gasteiger partial charge in [-0.1, -0.05) is 51.1 Å². The maximum atomic E-state index is 12.4. The standard InChI is InChI=1S/C24H31N3O2/c1-24(2,3)18-23(29)27-15-13-26(14-16-27)21-11-9-20(10-12-21)25-22(28)17-19-7-5-4-6-8-19/h4-12H,13-18H2,1-3H3,(H,25,28). The van der Waals surface area contributed by atoms with Crippen molar-refractivity contribution >= 4 is 23.2 Å². The van der Waals surface area contributed by atoms with Gasteiger partial charge in [-0.25, -0.2) is 0 Å². The van der Waals surface area contributed by atoms with Gasteiger partial charge in [0.25, 0.3) is 0 Å². The Hall–Kier alpha value is -2.82. The molecule has 0 aromatic heterocycles. The van der Waals surface area contributed by atoms with Crippen LogP contribution < -0.4 is 10.2 Å². The third-order valence-corrected chi connectivity index (χ3v) is 5.04. The molecule has 0 bridgehead atoms. The topological polar surface area (TPSA) is 52.7 Å². The molecule has 0 spiro atoms. The lowest BCUT2D eigenvalue weighted by atomic mass is 9.91. The number of nitrogens with zero attached hydrogens (tertiary/aromatic N) is 2. The molecule has 3 rings (SSSR count). The fourth-order valence-corrected chi connectivity index (χ4v) is 3.52. The second kappa shape index (κ2) is 9.12. The first-order valence-corrected chi connectivity index (χ1v) is 10.3. The van der Waals surface area contributed by atoms with Crippen molar-refractivity contribution < 1.29 is 9.59 Å². The summed E-state index contributed by atoms with van der Waals surface area (Å²) in [6, 6.07) is 17.7. The van der Waals surface area contributed by atoms with Crippen LogP contribution in [0.15, 0.2) is 54.6 Å². The summed E-state index contributed by atoms with van der Waals surface area (Å²) in [7, 11) is 0. The molecule has 5 heteroatoms. The summed E-state index contributed by atoms with van der Waals surface area (Å²) in [5.41, 5.74) is 2.94. The summed E-state index contributed by atoms with van der Waals surface area (Å²) < 4.78 is 0. The van der Waals surface area contributed by atoms with Crippen LogP contribution in [0.25, 0.3) is 0 Å². The van der Waals surface area contributed by atoms with Gasteiger partial charge >= 0.3 is 0 Å². The van der Waals surface area contributed by atoms with Gasteiger partial charge < -0.3 is 15.1 Å². The monoisotopic (exact) mass is 393 g/mol. The van der Waals surface area contributed by atoms with Crippen molar-refractivity contribution in [2.75, 3.05) is 36.4 Å². The molecule has 1 aliphatic rings. The van der Waals surface area contributed by atoms with Crippen molar-refractivity contribution in [2.24, 2.45) is 5.41 Å². The molecule has 1 fully saturated rings. The van der Waals surface area contributed by atoms with Gasteiger partial charge in [0.1, 0.15) is 0 Å². The molecule has 1 aliphatic heterocycles. The van der Waals surface area contributed by atoms with E-state index in [9.17, 15) is 9.59 Å². The number of benzene rings is 2. The van der Waals surface area contributed by atoms with Gasteiger partial charge in [-0.15, -0.1) is 0 Å². The Kier molecular flexibility index (Phi) is 6.57. The molecule has 2 amide bonds. The van der Waals surface area contributed by atoms with Crippen molar-refractivity contribution in [1.29, 1.82) is 0 Å². The molecule has 2 aromatic carbocycles. The van der Waals surface area contributed by atoms with Crippen LogP contribution in [0.3, 0.4) is 0 Å². The zero-order chi connectivity index (χ0) is 20.9. The Bertz CT molecular complexity index is 817. The second-order valence-electron chi connectivity index (χ2n) is 8.86. The van der Waals surface area contributed by atoms with Crippen LogP contribution in [0.2, 0.25) is 0 Å². The minimum atomic E-state index is -0.0186. The lowest BCUT2D eigenvalue weighted by Crippen LogP contribution is -2.49. The van der Waals surface area contributed by atoms with Crippen molar-refractivity contribution in [3.8, 4) is 0 Å². The first-order chi connectivity index (χ1) is 13.8. The fourth-order valence-electron chi connectivity index (χ4n) is 3.52. The third-order valence-electron chi connectivity index (χ3n) is 5.04. The summed E-state index contributed by atoms with van der Waals surface area (Å²) in [4.78, 5) is 28.9. The normalized spacial score (nSPS) is 14.6. The molecule has 154 valence electrons. The Morgan fingerprint density at radius 1 is 0.897 bits per heavy atom. The second-order valence-corrected chi connectivity index (χ2v) is 8.86. The highest BCUT2D eigenvalue weighted by molar-refractivity contribution is 5.92. The van der Waals surface area contributed by atoms with Gasteiger partial charge in [0.15, 0.2) is 0 Å². The maximum absolute atomic E-state index is 12.4. The van der Waals surface area contributed by atoms with Crippen LogP contribution in [0.1, 0.15) is 32.8 Å². The first-order valence-electron chi connectivity index (χ1n) is 10.3. The Labute approximate surface area is 173 Å². The molecule has 1 saturated heterocycles. The maximum Gasteiger partial charge on any atom is 0.228 e. The van der Waals surface area contributed by atoms with E-state index in [1.807, 2.05) is 59.5 Å². The van der Waals surface area contributed by atoms with Crippen molar-refractivity contribution in [3.05, 3.63) is 60.2 Å². The summed E-state index contributed by atoms with van der Waals surface area (Å²) in [6.45, 7) is 9.46. The van der Waals surface area contributed by atoms with E-state index in [0.29, 0.717) is 12.8 Å². The molecule has 0 radical (unpaired) electrons. The van der Waals surface area contributed by atoms with Crippen LogP contribution in [0, 0.1) is 5.41 Å².